The van der Waals surface area contributed by atoms with Crippen LogP contribution in [0.15, 0.2) is 71.0 Å². The number of aryl methyl sites for hydroxylation is 2. The Balaban J connectivity index is 1.63. The van der Waals surface area contributed by atoms with Crippen molar-refractivity contribution in [2.24, 2.45) is 0 Å². The topological polar surface area (TPSA) is 38.1 Å². The number of hydrogen-bond acceptors (Lipinski definition) is 3. The molecule has 3 nitrogen and oxygen atoms in total. The SMILES string of the molecule is CC(C)=CCNc1ccc(-c2c(C)c(F)c(-c3ccc(CCc4ccco4)c(F)c3)c(C)c2F)cn1. The monoisotopic (exact) mass is 490 g/mol. The zero-order chi connectivity index (χ0) is 25.8. The second-order valence-electron chi connectivity index (χ2n) is 9.11. The summed E-state index contributed by atoms with van der Waals surface area (Å²) in [7, 11) is 0. The maximum absolute atomic E-state index is 15.6. The van der Waals surface area contributed by atoms with E-state index >= 15 is 8.78 Å². The lowest BCUT2D eigenvalue weighted by Crippen LogP contribution is -2.04. The number of aromatic nitrogens is 1. The van der Waals surface area contributed by atoms with Crippen LogP contribution in [0.2, 0.25) is 0 Å². The Hall–Kier alpha value is -3.80. The van der Waals surface area contributed by atoms with E-state index in [0.29, 0.717) is 41.9 Å². The zero-order valence-corrected chi connectivity index (χ0v) is 20.9. The van der Waals surface area contributed by atoms with Crippen molar-refractivity contribution in [3.05, 3.63) is 106 Å². The van der Waals surface area contributed by atoms with Crippen LogP contribution in [0, 0.1) is 31.3 Å². The van der Waals surface area contributed by atoms with E-state index in [-0.39, 0.29) is 22.3 Å². The number of anilines is 1. The lowest BCUT2D eigenvalue weighted by Gasteiger charge is -2.17. The average Bonchev–Trinajstić information content (AvgIpc) is 3.37. The highest BCUT2D eigenvalue weighted by Gasteiger charge is 2.23. The largest absolute Gasteiger partial charge is 0.469 e. The van der Waals surface area contributed by atoms with Crippen molar-refractivity contribution in [3.8, 4) is 22.3 Å². The molecule has 2 aromatic heterocycles. The van der Waals surface area contributed by atoms with Gasteiger partial charge in [0, 0.05) is 35.9 Å². The number of allylic oxidation sites excluding steroid dienone is 1. The summed E-state index contributed by atoms with van der Waals surface area (Å²) < 4.78 is 51.4. The molecule has 4 aromatic rings. The molecule has 36 heavy (non-hydrogen) atoms. The zero-order valence-electron chi connectivity index (χ0n) is 20.9. The van der Waals surface area contributed by atoms with Gasteiger partial charge in [-0.3, -0.25) is 0 Å². The van der Waals surface area contributed by atoms with E-state index in [9.17, 15) is 4.39 Å². The van der Waals surface area contributed by atoms with E-state index < -0.39 is 17.5 Å². The number of halogens is 3. The van der Waals surface area contributed by atoms with Crippen molar-refractivity contribution in [2.75, 3.05) is 11.9 Å². The van der Waals surface area contributed by atoms with E-state index in [1.54, 1.807) is 36.6 Å². The predicted octanol–water partition coefficient (Wildman–Crippen LogP) is 8.21. The second kappa shape index (κ2) is 10.9. The summed E-state index contributed by atoms with van der Waals surface area (Å²) in [4.78, 5) is 4.35. The summed E-state index contributed by atoms with van der Waals surface area (Å²) >= 11 is 0. The molecule has 0 atom stereocenters. The first-order valence-electron chi connectivity index (χ1n) is 11.9. The molecule has 0 aliphatic heterocycles. The van der Waals surface area contributed by atoms with Gasteiger partial charge in [-0.05, 0) is 86.7 Å². The summed E-state index contributed by atoms with van der Waals surface area (Å²) in [6.45, 7) is 7.70. The smallest absolute Gasteiger partial charge is 0.135 e. The Morgan fingerprint density at radius 1 is 0.917 bits per heavy atom. The number of hydrogen-bond donors (Lipinski definition) is 1. The van der Waals surface area contributed by atoms with Gasteiger partial charge in [0.15, 0.2) is 0 Å². The highest BCUT2D eigenvalue weighted by molar-refractivity contribution is 5.78. The standard InChI is InChI=1S/C30H29F3N2O/c1-18(2)13-14-34-26-12-10-23(17-35-26)28-20(4)29(32)27(19(3)30(28)33)22-8-7-21(25(31)16-22)9-11-24-6-5-15-36-24/h5-8,10,12-13,15-17H,9,11,14H2,1-4H3,(H,34,35). The van der Waals surface area contributed by atoms with E-state index in [2.05, 4.69) is 10.3 Å². The lowest BCUT2D eigenvalue weighted by atomic mass is 9.90. The fourth-order valence-corrected chi connectivity index (χ4v) is 4.23. The van der Waals surface area contributed by atoms with Crippen molar-refractivity contribution in [1.29, 1.82) is 0 Å². The Morgan fingerprint density at radius 3 is 2.19 bits per heavy atom. The molecule has 0 spiro atoms. The molecule has 0 radical (unpaired) electrons. The Bertz CT molecular complexity index is 1360. The van der Waals surface area contributed by atoms with Crippen LogP contribution in [0.25, 0.3) is 22.3 Å². The number of furan rings is 1. The van der Waals surface area contributed by atoms with Gasteiger partial charge < -0.3 is 9.73 Å². The van der Waals surface area contributed by atoms with Crippen molar-refractivity contribution < 1.29 is 17.6 Å². The third kappa shape index (κ3) is 5.38. The minimum atomic E-state index is -0.572. The van der Waals surface area contributed by atoms with Gasteiger partial charge in [-0.1, -0.05) is 23.8 Å². The van der Waals surface area contributed by atoms with E-state index in [4.69, 9.17) is 4.42 Å². The van der Waals surface area contributed by atoms with Gasteiger partial charge in [0.2, 0.25) is 0 Å². The minimum Gasteiger partial charge on any atom is -0.469 e. The molecule has 0 aliphatic carbocycles. The number of nitrogens with one attached hydrogen (secondary N) is 1. The van der Waals surface area contributed by atoms with Gasteiger partial charge in [-0.25, -0.2) is 18.2 Å². The second-order valence-corrected chi connectivity index (χ2v) is 9.11. The van der Waals surface area contributed by atoms with Crippen molar-refractivity contribution in [2.45, 2.75) is 40.5 Å². The van der Waals surface area contributed by atoms with Crippen molar-refractivity contribution in [1.82, 2.24) is 4.98 Å². The first kappa shape index (κ1) is 25.3. The van der Waals surface area contributed by atoms with Crippen LogP contribution in [0.5, 0.6) is 0 Å². The molecule has 4 rings (SSSR count). The van der Waals surface area contributed by atoms with E-state index in [1.807, 2.05) is 26.0 Å². The lowest BCUT2D eigenvalue weighted by molar-refractivity contribution is 0.505. The number of benzene rings is 2. The molecule has 1 N–H and O–H groups in total. The molecule has 0 saturated carbocycles. The Kier molecular flexibility index (Phi) is 7.63. The van der Waals surface area contributed by atoms with Gasteiger partial charge >= 0.3 is 0 Å². The van der Waals surface area contributed by atoms with Crippen LogP contribution >= 0.6 is 0 Å². The van der Waals surface area contributed by atoms with Gasteiger partial charge in [0.1, 0.15) is 29.0 Å². The van der Waals surface area contributed by atoms with Gasteiger partial charge in [-0.15, -0.1) is 0 Å². The van der Waals surface area contributed by atoms with E-state index in [1.165, 1.54) is 31.7 Å². The molecular formula is C30H29F3N2O. The molecule has 186 valence electrons. The fraction of sp³-hybridized carbons (Fsp3) is 0.233. The molecule has 0 fully saturated rings. The Labute approximate surface area is 209 Å². The summed E-state index contributed by atoms with van der Waals surface area (Å²) in [5, 5.41) is 3.17. The summed E-state index contributed by atoms with van der Waals surface area (Å²) in [6, 6.07) is 11.6. The van der Waals surface area contributed by atoms with E-state index in [0.717, 1.165) is 5.76 Å². The minimum absolute atomic E-state index is 0.0678. The number of rotatable bonds is 8. The predicted molar refractivity (Wildman–Crippen MR) is 138 cm³/mol. The molecule has 0 bridgehead atoms. The normalized spacial score (nSPS) is 11.0. The highest BCUT2D eigenvalue weighted by Crippen LogP contribution is 2.38. The van der Waals surface area contributed by atoms with Crippen LogP contribution in [0.3, 0.4) is 0 Å². The molecule has 0 unspecified atom stereocenters. The number of pyridine rings is 1. The Morgan fingerprint density at radius 2 is 1.61 bits per heavy atom. The van der Waals surface area contributed by atoms with Crippen LogP contribution in [-0.2, 0) is 12.8 Å². The summed E-state index contributed by atoms with van der Waals surface area (Å²) in [5.41, 5.74) is 2.97. The van der Waals surface area contributed by atoms with Crippen molar-refractivity contribution >= 4 is 5.82 Å². The highest BCUT2D eigenvalue weighted by atomic mass is 19.1. The molecule has 6 heteroatoms. The molecule has 2 heterocycles. The number of nitrogens with zero attached hydrogens (tertiary/aromatic N) is 1. The van der Waals surface area contributed by atoms with Gasteiger partial charge in [0.05, 0.1) is 6.26 Å². The van der Waals surface area contributed by atoms with Crippen LogP contribution < -0.4 is 5.32 Å². The first-order valence-corrected chi connectivity index (χ1v) is 11.9. The fourth-order valence-electron chi connectivity index (χ4n) is 4.23. The van der Waals surface area contributed by atoms with Crippen LogP contribution in [0.4, 0.5) is 19.0 Å². The third-order valence-corrected chi connectivity index (χ3v) is 6.26. The third-order valence-electron chi connectivity index (χ3n) is 6.26. The molecule has 0 aliphatic rings. The maximum atomic E-state index is 15.6. The molecular weight excluding hydrogens is 461 g/mol. The van der Waals surface area contributed by atoms with Crippen LogP contribution in [0.1, 0.15) is 36.3 Å². The molecule has 0 saturated heterocycles. The molecule has 0 amide bonds. The molecule has 2 aromatic carbocycles. The summed E-state index contributed by atoms with van der Waals surface area (Å²) in [5.74, 6) is -0.165. The maximum Gasteiger partial charge on any atom is 0.135 e. The quantitative estimate of drug-likeness (QED) is 0.253. The average molecular weight is 491 g/mol. The van der Waals surface area contributed by atoms with Crippen molar-refractivity contribution in [3.63, 3.8) is 0 Å². The summed E-state index contributed by atoms with van der Waals surface area (Å²) in [6.07, 6.45) is 6.14. The first-order chi connectivity index (χ1) is 17.3. The van der Waals surface area contributed by atoms with Gasteiger partial charge in [-0.2, -0.15) is 0 Å². The van der Waals surface area contributed by atoms with Gasteiger partial charge in [0.25, 0.3) is 0 Å². The van der Waals surface area contributed by atoms with Crippen LogP contribution in [-0.4, -0.2) is 11.5 Å².